The highest BCUT2D eigenvalue weighted by atomic mass is 16.1. The summed E-state index contributed by atoms with van der Waals surface area (Å²) in [5, 5.41) is 9.32. The van der Waals surface area contributed by atoms with Gasteiger partial charge >= 0.3 is 0 Å². The fourth-order valence-corrected chi connectivity index (χ4v) is 3.77. The van der Waals surface area contributed by atoms with Gasteiger partial charge in [0.1, 0.15) is 0 Å². The molecule has 0 fully saturated rings. The number of nitrogen functional groups attached to an aromatic ring is 1. The van der Waals surface area contributed by atoms with Crippen molar-refractivity contribution < 1.29 is 0 Å². The molecule has 0 aliphatic heterocycles. The topological polar surface area (TPSA) is 97.6 Å². The molecular weight excluding hydrogens is 398 g/mol. The first-order valence-electron chi connectivity index (χ1n) is 10.4. The Morgan fingerprint density at radius 3 is 2.53 bits per heavy atom. The number of nitrogens with two attached hydrogens (primary N) is 1. The third-order valence-electron chi connectivity index (χ3n) is 5.65. The molecule has 0 radical (unpaired) electrons. The molecule has 32 heavy (non-hydrogen) atoms. The normalized spacial score (nSPS) is 10.7. The van der Waals surface area contributed by atoms with Crippen molar-refractivity contribution in [2.24, 2.45) is 0 Å². The lowest BCUT2D eigenvalue weighted by atomic mass is 9.99. The van der Waals surface area contributed by atoms with E-state index >= 15 is 0 Å². The van der Waals surface area contributed by atoms with Crippen LogP contribution in [0.4, 0.5) is 5.95 Å². The molecule has 158 valence electrons. The predicted molar refractivity (Wildman–Crippen MR) is 126 cm³/mol. The number of benzene rings is 2. The van der Waals surface area contributed by atoms with E-state index in [1.54, 1.807) is 29.0 Å². The molecule has 0 unspecified atom stereocenters. The largest absolute Gasteiger partial charge is 0.368 e. The van der Waals surface area contributed by atoms with Crippen LogP contribution >= 0.6 is 0 Å². The van der Waals surface area contributed by atoms with Crippen molar-refractivity contribution in [3.8, 4) is 28.6 Å². The summed E-state index contributed by atoms with van der Waals surface area (Å²) in [5.41, 5.74) is 12.4. The van der Waals surface area contributed by atoms with E-state index in [2.05, 4.69) is 35.1 Å². The van der Waals surface area contributed by atoms with Crippen molar-refractivity contribution in [2.75, 3.05) is 5.73 Å². The Bertz CT molecular complexity index is 1400. The van der Waals surface area contributed by atoms with Gasteiger partial charge in [0.05, 0.1) is 23.0 Å². The Morgan fingerprint density at radius 2 is 1.78 bits per heavy atom. The number of hydrogen-bond donors (Lipinski definition) is 1. The van der Waals surface area contributed by atoms with Crippen molar-refractivity contribution in [3.05, 3.63) is 99.5 Å². The van der Waals surface area contributed by atoms with E-state index in [1.807, 2.05) is 37.3 Å². The average molecular weight is 422 g/mol. The number of anilines is 1. The van der Waals surface area contributed by atoms with Gasteiger partial charge in [0.25, 0.3) is 5.56 Å². The first kappa shape index (κ1) is 21.0. The monoisotopic (exact) mass is 421 g/mol. The molecule has 4 aromatic rings. The second-order valence-corrected chi connectivity index (χ2v) is 7.71. The van der Waals surface area contributed by atoms with Crippen LogP contribution < -0.4 is 11.3 Å². The molecule has 6 nitrogen and oxygen atoms in total. The molecule has 0 bridgehead atoms. The molecule has 2 aromatic heterocycles. The van der Waals surface area contributed by atoms with Crippen LogP contribution in [0.5, 0.6) is 0 Å². The quantitative estimate of drug-likeness (QED) is 0.518. The number of hydrogen-bond acceptors (Lipinski definition) is 5. The minimum Gasteiger partial charge on any atom is -0.368 e. The van der Waals surface area contributed by atoms with Crippen LogP contribution in [0.1, 0.15) is 22.3 Å². The predicted octanol–water partition coefficient (Wildman–Crippen LogP) is 4.29. The van der Waals surface area contributed by atoms with E-state index in [-0.39, 0.29) is 11.5 Å². The maximum atomic E-state index is 12.7. The maximum absolute atomic E-state index is 12.7. The van der Waals surface area contributed by atoms with Gasteiger partial charge in [-0.25, -0.2) is 9.97 Å². The van der Waals surface area contributed by atoms with Crippen molar-refractivity contribution in [1.82, 2.24) is 14.5 Å². The molecule has 2 aromatic carbocycles. The van der Waals surface area contributed by atoms with Crippen molar-refractivity contribution >= 4 is 5.95 Å². The summed E-state index contributed by atoms with van der Waals surface area (Å²) in [6.07, 6.45) is 2.57. The lowest BCUT2D eigenvalue weighted by Crippen LogP contribution is -2.20. The minimum atomic E-state index is -0.0996. The smallest absolute Gasteiger partial charge is 0.251 e. The first-order valence-corrected chi connectivity index (χ1v) is 10.4. The lowest BCUT2D eigenvalue weighted by Gasteiger charge is -2.11. The molecule has 0 saturated heterocycles. The van der Waals surface area contributed by atoms with Gasteiger partial charge in [-0.1, -0.05) is 36.4 Å². The molecule has 0 saturated carbocycles. The van der Waals surface area contributed by atoms with Crippen LogP contribution in [0.15, 0.2) is 71.7 Å². The Kier molecular flexibility index (Phi) is 5.82. The molecule has 0 atom stereocenters. The molecule has 0 aliphatic rings. The SMILES string of the molecule is Cc1ccccc1CCn1ccc(-c2cc(-c3cccc(C#N)c3C)nc(N)n2)cc1=O. The highest BCUT2D eigenvalue weighted by molar-refractivity contribution is 5.72. The molecule has 2 heterocycles. The molecule has 0 amide bonds. The van der Waals surface area contributed by atoms with E-state index in [4.69, 9.17) is 5.73 Å². The Hall–Kier alpha value is -4.24. The van der Waals surface area contributed by atoms with Crippen LogP contribution in [-0.4, -0.2) is 14.5 Å². The zero-order valence-electron chi connectivity index (χ0n) is 18.0. The van der Waals surface area contributed by atoms with Gasteiger partial charge in [0, 0.05) is 29.9 Å². The Balaban J connectivity index is 1.65. The van der Waals surface area contributed by atoms with Crippen LogP contribution in [-0.2, 0) is 13.0 Å². The summed E-state index contributed by atoms with van der Waals surface area (Å²) in [5.74, 6) is 0.114. The fraction of sp³-hybridized carbons (Fsp3) is 0.154. The van der Waals surface area contributed by atoms with Crippen molar-refractivity contribution in [2.45, 2.75) is 26.8 Å². The highest BCUT2D eigenvalue weighted by Gasteiger charge is 2.12. The standard InChI is InChI=1S/C26H23N5O/c1-17-6-3-4-7-19(17)10-12-31-13-11-20(14-25(31)32)23-15-24(30-26(28)29-23)22-9-5-8-21(16-27)18(22)2/h3-9,11,13-15H,10,12H2,1-2H3,(H2,28,29,30). The van der Waals surface area contributed by atoms with Gasteiger partial charge in [-0.3, -0.25) is 4.79 Å². The molecule has 4 rings (SSSR count). The van der Waals surface area contributed by atoms with E-state index in [0.29, 0.717) is 29.1 Å². The lowest BCUT2D eigenvalue weighted by molar-refractivity contribution is 0.668. The van der Waals surface area contributed by atoms with Gasteiger partial charge < -0.3 is 10.3 Å². The van der Waals surface area contributed by atoms with Gasteiger partial charge in [-0.05, 0) is 55.2 Å². The molecule has 0 aliphatic carbocycles. The summed E-state index contributed by atoms with van der Waals surface area (Å²) in [6.45, 7) is 4.55. The number of nitrogens with zero attached hydrogens (tertiary/aromatic N) is 4. The van der Waals surface area contributed by atoms with Crippen molar-refractivity contribution in [1.29, 1.82) is 5.26 Å². The van der Waals surface area contributed by atoms with Crippen LogP contribution in [0.2, 0.25) is 0 Å². The van der Waals surface area contributed by atoms with Gasteiger partial charge in [-0.2, -0.15) is 5.26 Å². The second kappa shape index (κ2) is 8.86. The average Bonchev–Trinajstić information content (AvgIpc) is 2.79. The Morgan fingerprint density at radius 1 is 1.00 bits per heavy atom. The molecule has 0 spiro atoms. The van der Waals surface area contributed by atoms with Crippen molar-refractivity contribution in [3.63, 3.8) is 0 Å². The van der Waals surface area contributed by atoms with Gasteiger partial charge in [0.2, 0.25) is 5.95 Å². The fourth-order valence-electron chi connectivity index (χ4n) is 3.77. The van der Waals surface area contributed by atoms with Crippen LogP contribution in [0.25, 0.3) is 22.5 Å². The number of nitriles is 1. The summed E-state index contributed by atoms with van der Waals surface area (Å²) >= 11 is 0. The van der Waals surface area contributed by atoms with E-state index in [9.17, 15) is 10.1 Å². The molecule has 2 N–H and O–H groups in total. The third kappa shape index (κ3) is 4.28. The summed E-state index contributed by atoms with van der Waals surface area (Å²) in [6, 6.07) is 21.1. The number of rotatable bonds is 5. The van der Waals surface area contributed by atoms with Crippen LogP contribution in [0.3, 0.4) is 0 Å². The van der Waals surface area contributed by atoms with E-state index < -0.39 is 0 Å². The highest BCUT2D eigenvalue weighted by Crippen LogP contribution is 2.27. The maximum Gasteiger partial charge on any atom is 0.251 e. The Labute approximate surface area is 186 Å². The van der Waals surface area contributed by atoms with E-state index in [1.165, 1.54) is 11.1 Å². The first-order chi connectivity index (χ1) is 15.5. The summed E-state index contributed by atoms with van der Waals surface area (Å²) in [4.78, 5) is 21.4. The molecule has 6 heteroatoms. The number of pyridine rings is 1. The van der Waals surface area contributed by atoms with Gasteiger partial charge in [-0.15, -0.1) is 0 Å². The second-order valence-electron chi connectivity index (χ2n) is 7.71. The third-order valence-corrected chi connectivity index (χ3v) is 5.65. The van der Waals surface area contributed by atoms with E-state index in [0.717, 1.165) is 17.5 Å². The summed E-state index contributed by atoms with van der Waals surface area (Å²) < 4.78 is 1.70. The van der Waals surface area contributed by atoms with Gasteiger partial charge in [0.15, 0.2) is 0 Å². The zero-order valence-corrected chi connectivity index (χ0v) is 18.0. The number of aryl methyl sites for hydroxylation is 3. The zero-order chi connectivity index (χ0) is 22.7. The molecular formula is C26H23N5O. The summed E-state index contributed by atoms with van der Waals surface area (Å²) in [7, 11) is 0. The van der Waals surface area contributed by atoms with Crippen LogP contribution in [0, 0.1) is 25.2 Å². The minimum absolute atomic E-state index is 0.0996. The number of aromatic nitrogens is 3.